The van der Waals surface area contributed by atoms with Crippen LogP contribution in [-0.4, -0.2) is 19.1 Å². The first-order chi connectivity index (χ1) is 10.1. The van der Waals surface area contributed by atoms with E-state index in [2.05, 4.69) is 12.2 Å². The van der Waals surface area contributed by atoms with Crippen LogP contribution in [0.15, 0.2) is 18.2 Å². The summed E-state index contributed by atoms with van der Waals surface area (Å²) >= 11 is 0. The van der Waals surface area contributed by atoms with Gasteiger partial charge in [0.25, 0.3) is 5.91 Å². The second kappa shape index (κ2) is 7.34. The first-order valence-electron chi connectivity index (χ1n) is 7.88. The van der Waals surface area contributed by atoms with Gasteiger partial charge in [-0.05, 0) is 43.7 Å². The Balaban J connectivity index is 1.93. The van der Waals surface area contributed by atoms with Gasteiger partial charge < -0.3 is 15.8 Å². The van der Waals surface area contributed by atoms with Crippen LogP contribution >= 0.6 is 0 Å². The zero-order chi connectivity index (χ0) is 15.2. The molecule has 0 atom stereocenters. The fraction of sp³-hybridized carbons (Fsp3) is 0.588. The van der Waals surface area contributed by atoms with E-state index in [1.54, 1.807) is 25.3 Å². The predicted molar refractivity (Wildman–Crippen MR) is 85.5 cm³/mol. The molecule has 1 aliphatic rings. The van der Waals surface area contributed by atoms with E-state index in [1.807, 2.05) is 0 Å². The monoisotopic (exact) mass is 290 g/mol. The number of methoxy groups -OCH3 is 1. The normalized spacial score (nSPS) is 21.8. The first-order valence-corrected chi connectivity index (χ1v) is 7.88. The van der Waals surface area contributed by atoms with Crippen LogP contribution in [0.25, 0.3) is 0 Å². The fourth-order valence-electron chi connectivity index (χ4n) is 3.16. The molecular weight excluding hydrogens is 264 g/mol. The quantitative estimate of drug-likeness (QED) is 0.817. The van der Waals surface area contributed by atoms with Gasteiger partial charge in [-0.3, -0.25) is 4.79 Å². The molecule has 3 N–H and O–H groups in total. The highest BCUT2D eigenvalue weighted by Crippen LogP contribution is 2.28. The molecule has 1 aromatic carbocycles. The number of rotatable bonds is 5. The number of amides is 1. The summed E-state index contributed by atoms with van der Waals surface area (Å²) in [4.78, 5) is 12.4. The van der Waals surface area contributed by atoms with Crippen LogP contribution in [0.1, 0.15) is 55.8 Å². The lowest BCUT2D eigenvalue weighted by atomic mass is 9.83. The van der Waals surface area contributed by atoms with E-state index in [9.17, 15) is 4.79 Å². The van der Waals surface area contributed by atoms with Gasteiger partial charge in [-0.15, -0.1) is 0 Å². The number of carbonyl (C=O) groups is 1. The minimum atomic E-state index is -0.0641. The number of nitrogen functional groups attached to an aromatic ring is 1. The lowest BCUT2D eigenvalue weighted by molar-refractivity contribution is 0.0918. The Kier molecular flexibility index (Phi) is 5.48. The van der Waals surface area contributed by atoms with Crippen molar-refractivity contribution in [3.05, 3.63) is 23.8 Å². The molecule has 1 aliphatic carbocycles. The summed E-state index contributed by atoms with van der Waals surface area (Å²) in [5, 5.41) is 3.13. The number of nitrogens with two attached hydrogens (primary N) is 1. The van der Waals surface area contributed by atoms with Crippen molar-refractivity contribution in [3.8, 4) is 5.75 Å². The maximum atomic E-state index is 12.4. The van der Waals surface area contributed by atoms with Crippen molar-refractivity contribution in [2.45, 2.75) is 51.5 Å². The van der Waals surface area contributed by atoms with Crippen LogP contribution in [0.5, 0.6) is 5.75 Å². The van der Waals surface area contributed by atoms with Crippen LogP contribution in [-0.2, 0) is 0 Å². The number of nitrogens with one attached hydrogen (secondary N) is 1. The van der Waals surface area contributed by atoms with Crippen LogP contribution in [0.4, 0.5) is 5.69 Å². The molecule has 0 aromatic heterocycles. The average Bonchev–Trinajstić information content (AvgIpc) is 2.49. The predicted octanol–water partition coefficient (Wildman–Crippen LogP) is 3.37. The summed E-state index contributed by atoms with van der Waals surface area (Å²) in [5.74, 6) is 1.31. The van der Waals surface area contributed by atoms with E-state index in [-0.39, 0.29) is 11.9 Å². The summed E-state index contributed by atoms with van der Waals surface area (Å²) in [6.45, 7) is 2.24. The Morgan fingerprint density at radius 1 is 1.33 bits per heavy atom. The Labute approximate surface area is 127 Å². The van der Waals surface area contributed by atoms with Crippen molar-refractivity contribution < 1.29 is 9.53 Å². The van der Waals surface area contributed by atoms with Gasteiger partial charge >= 0.3 is 0 Å². The summed E-state index contributed by atoms with van der Waals surface area (Å²) in [6, 6.07) is 5.43. The molecule has 21 heavy (non-hydrogen) atoms. The Hall–Kier alpha value is -1.71. The summed E-state index contributed by atoms with van der Waals surface area (Å²) in [6.07, 6.45) is 7.16. The van der Waals surface area contributed by atoms with E-state index < -0.39 is 0 Å². The van der Waals surface area contributed by atoms with Gasteiger partial charge in [0.2, 0.25) is 0 Å². The van der Waals surface area contributed by atoms with Gasteiger partial charge in [-0.2, -0.15) is 0 Å². The molecule has 0 heterocycles. The molecule has 0 saturated heterocycles. The minimum Gasteiger partial charge on any atom is -0.496 e. The van der Waals surface area contributed by atoms with Gasteiger partial charge in [0.05, 0.1) is 12.7 Å². The standard InChI is InChI=1S/C17H26N2O2/c1-3-4-12-5-8-14(9-6-12)19-17(20)15-10-7-13(18)11-16(15)21-2/h7,10-12,14H,3-6,8-9,18H2,1-2H3,(H,19,20). The van der Waals surface area contributed by atoms with Crippen LogP contribution in [0.3, 0.4) is 0 Å². The third-order valence-corrected chi connectivity index (χ3v) is 4.35. The molecule has 4 heteroatoms. The Morgan fingerprint density at radius 3 is 2.67 bits per heavy atom. The van der Waals surface area contributed by atoms with E-state index >= 15 is 0 Å². The van der Waals surface area contributed by atoms with E-state index in [0.717, 1.165) is 18.8 Å². The molecule has 4 nitrogen and oxygen atoms in total. The van der Waals surface area contributed by atoms with Gasteiger partial charge in [0, 0.05) is 17.8 Å². The topological polar surface area (TPSA) is 64.4 Å². The number of hydrogen-bond donors (Lipinski definition) is 2. The summed E-state index contributed by atoms with van der Waals surface area (Å²) < 4.78 is 5.24. The van der Waals surface area contributed by atoms with Gasteiger partial charge in [0.1, 0.15) is 5.75 Å². The second-order valence-electron chi connectivity index (χ2n) is 5.94. The third kappa shape index (κ3) is 4.13. The van der Waals surface area contributed by atoms with E-state index in [0.29, 0.717) is 17.0 Å². The number of ether oxygens (including phenoxy) is 1. The summed E-state index contributed by atoms with van der Waals surface area (Å²) in [7, 11) is 1.56. The van der Waals surface area contributed by atoms with E-state index in [4.69, 9.17) is 10.5 Å². The minimum absolute atomic E-state index is 0.0641. The molecule has 0 unspecified atom stereocenters. The summed E-state index contributed by atoms with van der Waals surface area (Å²) in [5.41, 5.74) is 6.88. The highest BCUT2D eigenvalue weighted by atomic mass is 16.5. The van der Waals surface area contributed by atoms with Crippen molar-refractivity contribution in [1.82, 2.24) is 5.32 Å². The third-order valence-electron chi connectivity index (χ3n) is 4.35. The lowest BCUT2D eigenvalue weighted by Gasteiger charge is -2.29. The maximum absolute atomic E-state index is 12.4. The molecule has 0 aliphatic heterocycles. The van der Waals surface area contributed by atoms with Crippen LogP contribution in [0, 0.1) is 5.92 Å². The Morgan fingerprint density at radius 2 is 2.05 bits per heavy atom. The van der Waals surface area contributed by atoms with Crippen LogP contribution in [0.2, 0.25) is 0 Å². The van der Waals surface area contributed by atoms with Crippen molar-refractivity contribution in [3.63, 3.8) is 0 Å². The number of benzene rings is 1. The van der Waals surface area contributed by atoms with E-state index in [1.165, 1.54) is 25.7 Å². The SMILES string of the molecule is CCCC1CCC(NC(=O)c2ccc(N)cc2OC)CC1. The van der Waals surface area contributed by atoms with Crippen molar-refractivity contribution in [2.75, 3.05) is 12.8 Å². The average molecular weight is 290 g/mol. The van der Waals surface area contributed by atoms with Crippen molar-refractivity contribution in [2.24, 2.45) is 5.92 Å². The molecule has 2 rings (SSSR count). The second-order valence-corrected chi connectivity index (χ2v) is 5.94. The molecule has 1 saturated carbocycles. The highest BCUT2D eigenvalue weighted by Gasteiger charge is 2.23. The number of hydrogen-bond acceptors (Lipinski definition) is 3. The van der Waals surface area contributed by atoms with Gasteiger partial charge in [-0.25, -0.2) is 0 Å². The molecule has 0 spiro atoms. The maximum Gasteiger partial charge on any atom is 0.255 e. The zero-order valence-corrected chi connectivity index (χ0v) is 13.0. The Bertz CT molecular complexity index is 480. The van der Waals surface area contributed by atoms with Gasteiger partial charge in [-0.1, -0.05) is 19.8 Å². The smallest absolute Gasteiger partial charge is 0.255 e. The fourth-order valence-corrected chi connectivity index (χ4v) is 3.16. The first kappa shape index (κ1) is 15.7. The molecule has 1 fully saturated rings. The molecule has 1 amide bonds. The molecule has 0 radical (unpaired) electrons. The molecular formula is C17H26N2O2. The molecule has 1 aromatic rings. The van der Waals surface area contributed by atoms with Crippen molar-refractivity contribution >= 4 is 11.6 Å². The molecule has 116 valence electrons. The van der Waals surface area contributed by atoms with Crippen LogP contribution < -0.4 is 15.8 Å². The lowest BCUT2D eigenvalue weighted by Crippen LogP contribution is -2.37. The zero-order valence-electron chi connectivity index (χ0n) is 13.0. The molecule has 0 bridgehead atoms. The van der Waals surface area contributed by atoms with Gasteiger partial charge in [0.15, 0.2) is 0 Å². The largest absolute Gasteiger partial charge is 0.496 e. The number of carbonyl (C=O) groups excluding carboxylic acids is 1. The van der Waals surface area contributed by atoms with Crippen molar-refractivity contribution in [1.29, 1.82) is 0 Å². The number of anilines is 1. The highest BCUT2D eigenvalue weighted by molar-refractivity contribution is 5.97.